The molecule has 0 bridgehead atoms. The Kier molecular flexibility index (Phi) is 16.0. The summed E-state index contributed by atoms with van der Waals surface area (Å²) in [6.07, 6.45) is 13.0. The van der Waals surface area contributed by atoms with Crippen LogP contribution in [0.3, 0.4) is 0 Å². The molecule has 5 heteroatoms. The molecule has 0 saturated heterocycles. The second kappa shape index (κ2) is 18.0. The van der Waals surface area contributed by atoms with Crippen molar-refractivity contribution in [3.8, 4) is 5.75 Å². The Labute approximate surface area is 189 Å². The van der Waals surface area contributed by atoms with E-state index in [0.717, 1.165) is 30.4 Å². The number of nitrogens with one attached hydrogen (secondary N) is 1. The van der Waals surface area contributed by atoms with Crippen LogP contribution in [0.4, 0.5) is 0 Å². The first-order valence-corrected chi connectivity index (χ1v) is 12.4. The predicted molar refractivity (Wildman–Crippen MR) is 128 cm³/mol. The van der Waals surface area contributed by atoms with Crippen LogP contribution in [-0.4, -0.2) is 37.4 Å². The van der Waals surface area contributed by atoms with Crippen molar-refractivity contribution in [1.29, 1.82) is 0 Å². The molecule has 0 spiro atoms. The summed E-state index contributed by atoms with van der Waals surface area (Å²) in [6, 6.07) is 5.63. The van der Waals surface area contributed by atoms with Crippen LogP contribution in [-0.2, 0) is 9.53 Å². The van der Waals surface area contributed by atoms with Crippen molar-refractivity contribution in [3.05, 3.63) is 29.3 Å². The fourth-order valence-electron chi connectivity index (χ4n) is 3.63. The van der Waals surface area contributed by atoms with Gasteiger partial charge in [-0.25, -0.2) is 0 Å². The van der Waals surface area contributed by atoms with Gasteiger partial charge in [0, 0.05) is 13.2 Å². The number of benzene rings is 1. The van der Waals surface area contributed by atoms with Crippen molar-refractivity contribution in [3.63, 3.8) is 0 Å². The normalized spacial score (nSPS) is 12.0. The molecule has 0 fully saturated rings. The summed E-state index contributed by atoms with van der Waals surface area (Å²) in [5, 5.41) is 11.9. The first kappa shape index (κ1) is 27.4. The molecule has 1 amide bonds. The lowest BCUT2D eigenvalue weighted by molar-refractivity contribution is -0.133. The van der Waals surface area contributed by atoms with Gasteiger partial charge in [0.05, 0.1) is 6.61 Å². The number of carbonyl (C=O) groups is 1. The second-order valence-electron chi connectivity index (χ2n) is 8.31. The first-order valence-electron chi connectivity index (χ1n) is 12.4. The summed E-state index contributed by atoms with van der Waals surface area (Å²) in [7, 11) is 0. The third-order valence-corrected chi connectivity index (χ3v) is 5.45. The molecule has 0 aromatic heterocycles. The molecule has 1 aromatic carbocycles. The highest BCUT2D eigenvalue weighted by molar-refractivity contribution is 5.82. The van der Waals surface area contributed by atoms with E-state index in [-0.39, 0.29) is 19.1 Å². The van der Waals surface area contributed by atoms with Gasteiger partial charge < -0.3 is 19.9 Å². The van der Waals surface area contributed by atoms with Gasteiger partial charge in [-0.2, -0.15) is 0 Å². The highest BCUT2D eigenvalue weighted by atomic mass is 16.5. The van der Waals surface area contributed by atoms with Gasteiger partial charge in [0.2, 0.25) is 0 Å². The Balaban J connectivity index is 2.46. The fourth-order valence-corrected chi connectivity index (χ4v) is 3.63. The SMILES string of the molecule is CCCCCCCCCCCCOC(C(=O)NCCC)c1ccc(OCCO)cc1C. The summed E-state index contributed by atoms with van der Waals surface area (Å²) in [5.74, 6) is 0.610. The van der Waals surface area contributed by atoms with Gasteiger partial charge in [-0.1, -0.05) is 77.7 Å². The van der Waals surface area contributed by atoms with Crippen LogP contribution < -0.4 is 10.1 Å². The van der Waals surface area contributed by atoms with Crippen LogP contribution in [0.1, 0.15) is 102 Å². The van der Waals surface area contributed by atoms with Crippen molar-refractivity contribution in [2.75, 3.05) is 26.4 Å². The second-order valence-corrected chi connectivity index (χ2v) is 8.31. The summed E-state index contributed by atoms with van der Waals surface area (Å²) in [6.45, 7) is 7.73. The largest absolute Gasteiger partial charge is 0.491 e. The van der Waals surface area contributed by atoms with Crippen LogP contribution in [0.25, 0.3) is 0 Å². The van der Waals surface area contributed by atoms with E-state index in [2.05, 4.69) is 12.2 Å². The molecule has 0 saturated carbocycles. The molecular formula is C26H45NO4. The minimum Gasteiger partial charge on any atom is -0.491 e. The van der Waals surface area contributed by atoms with Crippen molar-refractivity contribution in [2.24, 2.45) is 0 Å². The van der Waals surface area contributed by atoms with Gasteiger partial charge >= 0.3 is 0 Å². The van der Waals surface area contributed by atoms with Gasteiger partial charge in [0.1, 0.15) is 12.4 Å². The Bertz CT molecular complexity index is 591. The van der Waals surface area contributed by atoms with Crippen LogP contribution >= 0.6 is 0 Å². The zero-order valence-corrected chi connectivity index (χ0v) is 20.1. The molecular weight excluding hydrogens is 390 g/mol. The lowest BCUT2D eigenvalue weighted by Crippen LogP contribution is -2.32. The van der Waals surface area contributed by atoms with Crippen LogP contribution in [0.2, 0.25) is 0 Å². The molecule has 2 N–H and O–H groups in total. The Morgan fingerprint density at radius 3 is 2.16 bits per heavy atom. The van der Waals surface area contributed by atoms with Crippen LogP contribution in [0.5, 0.6) is 5.75 Å². The van der Waals surface area contributed by atoms with E-state index in [1.165, 1.54) is 51.4 Å². The smallest absolute Gasteiger partial charge is 0.253 e. The quantitative estimate of drug-likeness (QED) is 0.267. The maximum Gasteiger partial charge on any atom is 0.253 e. The summed E-state index contributed by atoms with van der Waals surface area (Å²) in [4.78, 5) is 12.7. The average molecular weight is 436 g/mol. The molecule has 0 aliphatic rings. The molecule has 1 atom stereocenters. The summed E-state index contributed by atoms with van der Waals surface area (Å²) in [5.41, 5.74) is 1.83. The monoisotopic (exact) mass is 435 g/mol. The fraction of sp³-hybridized carbons (Fsp3) is 0.731. The van der Waals surface area contributed by atoms with Crippen molar-refractivity contribution in [2.45, 2.75) is 97.5 Å². The number of aliphatic hydroxyl groups is 1. The molecule has 0 aliphatic carbocycles. The number of aryl methyl sites for hydroxylation is 1. The lowest BCUT2D eigenvalue weighted by Gasteiger charge is -2.20. The van der Waals surface area contributed by atoms with E-state index in [9.17, 15) is 4.79 Å². The topological polar surface area (TPSA) is 67.8 Å². The van der Waals surface area contributed by atoms with E-state index < -0.39 is 6.10 Å². The van der Waals surface area contributed by atoms with Gasteiger partial charge in [-0.3, -0.25) is 4.79 Å². The minimum atomic E-state index is -0.600. The predicted octanol–water partition coefficient (Wildman–Crippen LogP) is 5.87. The number of hydrogen-bond acceptors (Lipinski definition) is 4. The number of carbonyl (C=O) groups excluding carboxylic acids is 1. The Morgan fingerprint density at radius 1 is 0.935 bits per heavy atom. The standard InChI is InChI=1S/C26H45NO4/c1-4-6-7-8-9-10-11-12-13-14-19-31-25(26(29)27-17-5-2)24-16-15-23(21-22(24)3)30-20-18-28/h15-16,21,25,28H,4-14,17-20H2,1-3H3,(H,27,29). The van der Waals surface area contributed by atoms with E-state index >= 15 is 0 Å². The van der Waals surface area contributed by atoms with Crippen LogP contribution in [0, 0.1) is 6.92 Å². The van der Waals surface area contributed by atoms with E-state index in [1.807, 2.05) is 32.0 Å². The lowest BCUT2D eigenvalue weighted by atomic mass is 10.0. The molecule has 178 valence electrons. The van der Waals surface area contributed by atoms with Crippen molar-refractivity contribution >= 4 is 5.91 Å². The molecule has 1 unspecified atom stereocenters. The summed E-state index contributed by atoms with van der Waals surface area (Å²) < 4.78 is 11.5. The molecule has 1 aromatic rings. The molecule has 31 heavy (non-hydrogen) atoms. The van der Waals surface area contributed by atoms with Gasteiger partial charge in [0.25, 0.3) is 5.91 Å². The third kappa shape index (κ3) is 12.1. The summed E-state index contributed by atoms with van der Waals surface area (Å²) >= 11 is 0. The van der Waals surface area contributed by atoms with E-state index in [0.29, 0.717) is 18.9 Å². The molecule has 1 rings (SSSR count). The number of aliphatic hydroxyl groups excluding tert-OH is 1. The number of hydrogen-bond donors (Lipinski definition) is 2. The Hall–Kier alpha value is -1.59. The number of amides is 1. The first-order chi connectivity index (χ1) is 15.1. The van der Waals surface area contributed by atoms with Gasteiger partial charge in [-0.15, -0.1) is 0 Å². The molecule has 0 radical (unpaired) electrons. The third-order valence-electron chi connectivity index (χ3n) is 5.45. The van der Waals surface area contributed by atoms with Crippen LogP contribution in [0.15, 0.2) is 18.2 Å². The molecule has 0 heterocycles. The van der Waals surface area contributed by atoms with Gasteiger partial charge in [0.15, 0.2) is 6.10 Å². The van der Waals surface area contributed by atoms with E-state index in [4.69, 9.17) is 14.6 Å². The van der Waals surface area contributed by atoms with Crippen molar-refractivity contribution in [1.82, 2.24) is 5.32 Å². The maximum absolute atomic E-state index is 12.7. The Morgan fingerprint density at radius 2 is 1.58 bits per heavy atom. The zero-order valence-electron chi connectivity index (χ0n) is 20.1. The number of rotatable bonds is 19. The molecule has 5 nitrogen and oxygen atoms in total. The van der Waals surface area contributed by atoms with Crippen molar-refractivity contribution < 1.29 is 19.4 Å². The average Bonchev–Trinajstić information content (AvgIpc) is 2.77. The number of unbranched alkanes of at least 4 members (excludes halogenated alkanes) is 9. The number of ether oxygens (including phenoxy) is 2. The van der Waals surface area contributed by atoms with Gasteiger partial charge in [-0.05, 0) is 43.0 Å². The maximum atomic E-state index is 12.7. The minimum absolute atomic E-state index is 0.0230. The highest BCUT2D eigenvalue weighted by Crippen LogP contribution is 2.26. The zero-order chi connectivity index (χ0) is 22.7. The highest BCUT2D eigenvalue weighted by Gasteiger charge is 2.23. The van der Waals surface area contributed by atoms with E-state index in [1.54, 1.807) is 0 Å². The molecule has 0 aliphatic heterocycles.